The van der Waals surface area contributed by atoms with Crippen molar-refractivity contribution >= 4 is 22.7 Å². The van der Waals surface area contributed by atoms with Crippen molar-refractivity contribution in [1.82, 2.24) is 4.98 Å². The maximum absolute atomic E-state index is 11.1. The van der Waals surface area contributed by atoms with Crippen molar-refractivity contribution in [3.63, 3.8) is 0 Å². The molecule has 6 heteroatoms. The van der Waals surface area contributed by atoms with E-state index in [4.69, 9.17) is 15.6 Å². The van der Waals surface area contributed by atoms with Crippen LogP contribution in [0.15, 0.2) is 36.4 Å². The Balaban J connectivity index is 2.19. The van der Waals surface area contributed by atoms with E-state index in [0.29, 0.717) is 22.7 Å². The highest BCUT2D eigenvalue weighted by atomic mass is 16.5. The lowest BCUT2D eigenvalue weighted by molar-refractivity contribution is -0.136. The number of hydrogen-bond acceptors (Lipinski definition) is 4. The summed E-state index contributed by atoms with van der Waals surface area (Å²) in [6.07, 6.45) is -0.0896. The number of hydrogen-bond donors (Lipinski definition) is 3. The number of fused-ring (bicyclic) bond motifs is 1. The van der Waals surface area contributed by atoms with E-state index in [1.165, 1.54) is 0 Å². The summed E-state index contributed by atoms with van der Waals surface area (Å²) in [4.78, 5) is 14.1. The zero-order valence-corrected chi connectivity index (χ0v) is 13.0. The molecule has 0 atom stereocenters. The van der Waals surface area contributed by atoms with E-state index in [-0.39, 0.29) is 6.42 Å². The van der Waals surface area contributed by atoms with Gasteiger partial charge in [0.1, 0.15) is 23.2 Å². The molecule has 0 bridgehead atoms. The molecule has 3 aromatic rings. The van der Waals surface area contributed by atoms with Crippen LogP contribution in [-0.2, 0) is 11.2 Å². The van der Waals surface area contributed by atoms with Gasteiger partial charge < -0.3 is 20.6 Å². The Morgan fingerprint density at radius 3 is 2.79 bits per heavy atom. The summed E-state index contributed by atoms with van der Waals surface area (Å²) in [6, 6.07) is 12.9. The third-order valence-electron chi connectivity index (χ3n) is 3.91. The number of nitrogens with two attached hydrogens (primary N) is 1. The second-order valence-electron chi connectivity index (χ2n) is 5.38. The minimum Gasteiger partial charge on any atom is -0.497 e. The number of nitriles is 1. The van der Waals surface area contributed by atoms with E-state index in [1.807, 2.05) is 12.1 Å². The molecular weight excluding hydrogens is 306 g/mol. The van der Waals surface area contributed by atoms with E-state index >= 15 is 0 Å². The first kappa shape index (κ1) is 15.4. The molecule has 0 aliphatic heterocycles. The number of rotatable bonds is 4. The van der Waals surface area contributed by atoms with Crippen LogP contribution in [0.25, 0.3) is 22.0 Å². The number of carboxylic acid groups (broad SMARTS) is 1. The van der Waals surface area contributed by atoms with Gasteiger partial charge in [-0.3, -0.25) is 4.79 Å². The molecule has 0 fully saturated rings. The Bertz CT molecular complexity index is 983. The van der Waals surface area contributed by atoms with Crippen molar-refractivity contribution in [1.29, 1.82) is 5.26 Å². The third-order valence-corrected chi connectivity index (χ3v) is 3.91. The molecular formula is C18H15N3O3. The number of aromatic nitrogens is 1. The van der Waals surface area contributed by atoms with Crippen molar-refractivity contribution in [2.75, 3.05) is 12.8 Å². The Morgan fingerprint density at radius 1 is 1.33 bits per heavy atom. The second kappa shape index (κ2) is 5.97. The zero-order valence-electron chi connectivity index (χ0n) is 13.0. The number of nitrogens with zero attached hydrogens (tertiary/aromatic N) is 1. The highest BCUT2D eigenvalue weighted by Gasteiger charge is 2.13. The van der Waals surface area contributed by atoms with Crippen LogP contribution in [0.5, 0.6) is 5.75 Å². The lowest BCUT2D eigenvalue weighted by Crippen LogP contribution is -2.02. The van der Waals surface area contributed by atoms with Gasteiger partial charge in [-0.2, -0.15) is 5.26 Å². The Kier molecular flexibility index (Phi) is 3.84. The lowest BCUT2D eigenvalue weighted by Gasteiger charge is -2.11. The van der Waals surface area contributed by atoms with E-state index in [9.17, 15) is 10.1 Å². The van der Waals surface area contributed by atoms with Crippen molar-refractivity contribution in [2.24, 2.45) is 0 Å². The summed E-state index contributed by atoms with van der Waals surface area (Å²) in [5, 5.41) is 19.0. The molecule has 6 nitrogen and oxygen atoms in total. The van der Waals surface area contributed by atoms with Crippen LogP contribution in [0, 0.1) is 11.3 Å². The number of carbonyl (C=O) groups is 1. The highest BCUT2D eigenvalue weighted by Crippen LogP contribution is 2.32. The normalized spacial score (nSPS) is 10.5. The molecule has 1 heterocycles. The van der Waals surface area contributed by atoms with Crippen molar-refractivity contribution < 1.29 is 14.6 Å². The number of nitrogen functional groups attached to an aromatic ring is 1. The summed E-state index contributed by atoms with van der Waals surface area (Å²) in [7, 11) is 1.56. The molecule has 1 aromatic heterocycles. The fourth-order valence-electron chi connectivity index (χ4n) is 2.77. The van der Waals surface area contributed by atoms with Gasteiger partial charge in [0.05, 0.1) is 13.5 Å². The average Bonchev–Trinajstić information content (AvgIpc) is 2.88. The number of H-pyrrole nitrogens is 1. The Labute approximate surface area is 138 Å². The standard InChI is InChI=1S/C18H15N3O3/c1-24-12-4-2-11(7-17(22)23)14(8-12)10-3-5-13-15(9-19)18(20)21-16(13)6-10/h2-6,8,21H,7,20H2,1H3,(H,22,23). The molecule has 0 aliphatic carbocycles. The van der Waals surface area contributed by atoms with Crippen LogP contribution in [0.3, 0.4) is 0 Å². The van der Waals surface area contributed by atoms with Gasteiger partial charge in [-0.15, -0.1) is 0 Å². The minimum absolute atomic E-state index is 0.0896. The van der Waals surface area contributed by atoms with Crippen molar-refractivity contribution in [2.45, 2.75) is 6.42 Å². The van der Waals surface area contributed by atoms with Crippen molar-refractivity contribution in [3.05, 3.63) is 47.5 Å². The van der Waals surface area contributed by atoms with Gasteiger partial charge in [0.2, 0.25) is 0 Å². The maximum atomic E-state index is 11.1. The summed E-state index contributed by atoms with van der Waals surface area (Å²) in [5.41, 5.74) is 9.23. The van der Waals surface area contributed by atoms with Gasteiger partial charge in [-0.25, -0.2) is 0 Å². The van der Waals surface area contributed by atoms with Crippen LogP contribution >= 0.6 is 0 Å². The Morgan fingerprint density at radius 2 is 2.12 bits per heavy atom. The number of carboxylic acids is 1. The lowest BCUT2D eigenvalue weighted by atomic mass is 9.96. The number of aliphatic carboxylic acids is 1. The molecule has 0 spiro atoms. The number of anilines is 1. The molecule has 120 valence electrons. The first-order chi connectivity index (χ1) is 11.5. The SMILES string of the molecule is COc1ccc(CC(=O)O)c(-c2ccc3c(C#N)c(N)[nH]c3c2)c1. The quantitative estimate of drug-likeness (QED) is 0.684. The largest absolute Gasteiger partial charge is 0.497 e. The van der Waals surface area contributed by atoms with Gasteiger partial charge in [0, 0.05) is 10.9 Å². The number of benzene rings is 2. The third kappa shape index (κ3) is 2.63. The molecule has 0 saturated heterocycles. The Hall–Kier alpha value is -3.46. The molecule has 0 unspecified atom stereocenters. The zero-order chi connectivity index (χ0) is 17.3. The molecule has 2 aromatic carbocycles. The van der Waals surface area contributed by atoms with Crippen molar-refractivity contribution in [3.8, 4) is 22.9 Å². The molecule has 0 saturated carbocycles. The average molecular weight is 321 g/mol. The van der Waals surface area contributed by atoms with Crippen LogP contribution in [0.4, 0.5) is 5.82 Å². The summed E-state index contributed by atoms with van der Waals surface area (Å²) >= 11 is 0. The summed E-state index contributed by atoms with van der Waals surface area (Å²) < 4.78 is 5.25. The molecule has 3 rings (SSSR count). The smallest absolute Gasteiger partial charge is 0.307 e. The van der Waals surface area contributed by atoms with Gasteiger partial charge in [-0.1, -0.05) is 18.2 Å². The number of methoxy groups -OCH3 is 1. The fourth-order valence-corrected chi connectivity index (χ4v) is 2.77. The predicted molar refractivity (Wildman–Crippen MR) is 90.8 cm³/mol. The van der Waals surface area contributed by atoms with Crippen LogP contribution in [-0.4, -0.2) is 23.2 Å². The molecule has 0 aliphatic rings. The molecule has 24 heavy (non-hydrogen) atoms. The number of aromatic amines is 1. The predicted octanol–water partition coefficient (Wildman–Crippen LogP) is 2.92. The van der Waals surface area contributed by atoms with E-state index in [0.717, 1.165) is 22.0 Å². The molecule has 4 N–H and O–H groups in total. The first-order valence-corrected chi connectivity index (χ1v) is 7.24. The van der Waals surface area contributed by atoms with Gasteiger partial charge in [0.15, 0.2) is 0 Å². The van der Waals surface area contributed by atoms with E-state index < -0.39 is 5.97 Å². The van der Waals surface area contributed by atoms with E-state index in [2.05, 4.69) is 11.1 Å². The minimum atomic E-state index is -0.904. The highest BCUT2D eigenvalue weighted by molar-refractivity contribution is 5.94. The van der Waals surface area contributed by atoms with E-state index in [1.54, 1.807) is 31.4 Å². The van der Waals surface area contributed by atoms with Gasteiger partial charge in [-0.05, 0) is 34.9 Å². The monoisotopic (exact) mass is 321 g/mol. The van der Waals surface area contributed by atoms with Crippen LogP contribution in [0.2, 0.25) is 0 Å². The van der Waals surface area contributed by atoms with Crippen LogP contribution < -0.4 is 10.5 Å². The maximum Gasteiger partial charge on any atom is 0.307 e. The second-order valence-corrected chi connectivity index (χ2v) is 5.38. The van der Waals surface area contributed by atoms with Crippen LogP contribution in [0.1, 0.15) is 11.1 Å². The van der Waals surface area contributed by atoms with Gasteiger partial charge >= 0.3 is 5.97 Å². The topological polar surface area (TPSA) is 112 Å². The fraction of sp³-hybridized carbons (Fsp3) is 0.111. The number of ether oxygens (including phenoxy) is 1. The van der Waals surface area contributed by atoms with Gasteiger partial charge in [0.25, 0.3) is 0 Å². The summed E-state index contributed by atoms with van der Waals surface area (Å²) in [6.45, 7) is 0. The number of nitrogens with one attached hydrogen (secondary N) is 1. The molecule has 0 radical (unpaired) electrons. The summed E-state index contributed by atoms with van der Waals surface area (Å²) in [5.74, 6) is 0.0578. The first-order valence-electron chi connectivity index (χ1n) is 7.24. The molecule has 0 amide bonds.